The van der Waals surface area contributed by atoms with E-state index in [1.165, 1.54) is 29.1 Å². The molecule has 3 aromatic rings. The molecule has 0 amide bonds. The number of fused-ring (bicyclic) bond motifs is 1. The molecular formula is C14H13N5O4. The maximum atomic E-state index is 12.5. The summed E-state index contributed by atoms with van der Waals surface area (Å²) in [4.78, 5) is 26.9. The fourth-order valence-corrected chi connectivity index (χ4v) is 2.08. The minimum Gasteiger partial charge on any atom is -0.423 e. The molecule has 0 spiro atoms. The average Bonchev–Trinajstić information content (AvgIpc) is 2.98. The highest BCUT2D eigenvalue weighted by Crippen LogP contribution is 2.17. The van der Waals surface area contributed by atoms with Crippen LogP contribution >= 0.6 is 0 Å². The van der Waals surface area contributed by atoms with Gasteiger partial charge in [0.2, 0.25) is 11.8 Å². The van der Waals surface area contributed by atoms with Crippen molar-refractivity contribution < 1.29 is 9.34 Å². The Hall–Kier alpha value is -3.10. The van der Waals surface area contributed by atoms with Crippen LogP contribution in [0.15, 0.2) is 33.7 Å². The van der Waals surface area contributed by atoms with Gasteiger partial charge in [-0.05, 0) is 6.07 Å². The standard InChI is InChI=1S/C14H13N5O4/c1-8(2)13-17-16-12(23-13)6-18-7-15-11-4-3-9(19(21)22)5-10(11)14(18)20/h3-5,7-8H,6H2,1-2H3. The molecule has 23 heavy (non-hydrogen) atoms. The molecule has 3 rings (SSSR count). The number of nitrogens with zero attached hydrogens (tertiary/aromatic N) is 5. The summed E-state index contributed by atoms with van der Waals surface area (Å²) in [6.45, 7) is 3.89. The minimum absolute atomic E-state index is 0.0597. The lowest BCUT2D eigenvalue weighted by molar-refractivity contribution is -0.384. The van der Waals surface area contributed by atoms with E-state index in [4.69, 9.17) is 4.42 Å². The van der Waals surface area contributed by atoms with Crippen molar-refractivity contribution in [2.75, 3.05) is 0 Å². The van der Waals surface area contributed by atoms with Crippen LogP contribution in [0.5, 0.6) is 0 Å². The molecule has 9 heteroatoms. The molecule has 0 bridgehead atoms. The van der Waals surface area contributed by atoms with Gasteiger partial charge in [-0.1, -0.05) is 13.8 Å². The highest BCUT2D eigenvalue weighted by molar-refractivity contribution is 5.79. The van der Waals surface area contributed by atoms with Crippen molar-refractivity contribution >= 4 is 16.6 Å². The number of hydrogen-bond donors (Lipinski definition) is 0. The lowest BCUT2D eigenvalue weighted by Gasteiger charge is -2.04. The Labute approximate surface area is 129 Å². The summed E-state index contributed by atoms with van der Waals surface area (Å²) in [5.41, 5.74) is -0.165. The molecule has 0 aliphatic carbocycles. The molecule has 0 saturated carbocycles. The molecule has 0 N–H and O–H groups in total. The summed E-state index contributed by atoms with van der Waals surface area (Å²) >= 11 is 0. The number of hydrogen-bond acceptors (Lipinski definition) is 7. The second-order valence-corrected chi connectivity index (χ2v) is 5.32. The van der Waals surface area contributed by atoms with Gasteiger partial charge in [0.1, 0.15) is 6.54 Å². The predicted octanol–water partition coefficient (Wildman–Crippen LogP) is 1.86. The first-order valence-electron chi connectivity index (χ1n) is 6.91. The normalized spacial score (nSPS) is 11.3. The van der Waals surface area contributed by atoms with Gasteiger partial charge < -0.3 is 4.42 Å². The summed E-state index contributed by atoms with van der Waals surface area (Å²) in [6, 6.07) is 3.98. The molecule has 0 saturated heterocycles. The molecule has 0 atom stereocenters. The Morgan fingerprint density at radius 1 is 1.35 bits per heavy atom. The predicted molar refractivity (Wildman–Crippen MR) is 80.1 cm³/mol. The van der Waals surface area contributed by atoms with Crippen LogP contribution in [0.2, 0.25) is 0 Å². The van der Waals surface area contributed by atoms with Gasteiger partial charge in [0.05, 0.1) is 22.2 Å². The van der Waals surface area contributed by atoms with Crippen molar-refractivity contribution in [1.82, 2.24) is 19.7 Å². The third-order valence-corrected chi connectivity index (χ3v) is 3.30. The molecule has 118 valence electrons. The van der Waals surface area contributed by atoms with E-state index in [0.717, 1.165) is 0 Å². The third kappa shape index (κ3) is 2.80. The topological polar surface area (TPSA) is 117 Å². The van der Waals surface area contributed by atoms with E-state index in [1.807, 2.05) is 13.8 Å². The van der Waals surface area contributed by atoms with Crippen molar-refractivity contribution in [3.05, 3.63) is 56.8 Å². The van der Waals surface area contributed by atoms with Crippen LogP contribution in [0.4, 0.5) is 5.69 Å². The van der Waals surface area contributed by atoms with Gasteiger partial charge in [0, 0.05) is 18.1 Å². The summed E-state index contributed by atoms with van der Waals surface area (Å²) in [5.74, 6) is 0.852. The maximum absolute atomic E-state index is 12.5. The molecule has 0 unspecified atom stereocenters. The van der Waals surface area contributed by atoms with Crippen molar-refractivity contribution in [2.45, 2.75) is 26.3 Å². The van der Waals surface area contributed by atoms with Crippen molar-refractivity contribution in [3.8, 4) is 0 Å². The lowest BCUT2D eigenvalue weighted by Crippen LogP contribution is -2.21. The number of aromatic nitrogens is 4. The fourth-order valence-electron chi connectivity index (χ4n) is 2.08. The Kier molecular flexibility index (Phi) is 3.61. The summed E-state index contributed by atoms with van der Waals surface area (Å²) in [6.07, 6.45) is 1.36. The zero-order valence-corrected chi connectivity index (χ0v) is 12.5. The Morgan fingerprint density at radius 3 is 2.78 bits per heavy atom. The van der Waals surface area contributed by atoms with Gasteiger partial charge in [-0.3, -0.25) is 19.5 Å². The van der Waals surface area contributed by atoms with E-state index in [2.05, 4.69) is 15.2 Å². The van der Waals surface area contributed by atoms with Crippen LogP contribution in [-0.4, -0.2) is 24.7 Å². The molecular weight excluding hydrogens is 302 g/mol. The van der Waals surface area contributed by atoms with Crippen molar-refractivity contribution in [2.24, 2.45) is 0 Å². The Morgan fingerprint density at radius 2 is 2.13 bits per heavy atom. The highest BCUT2D eigenvalue weighted by atomic mass is 16.6. The van der Waals surface area contributed by atoms with Crippen LogP contribution in [0.25, 0.3) is 10.9 Å². The number of non-ortho nitro benzene ring substituents is 1. The zero-order valence-electron chi connectivity index (χ0n) is 12.5. The average molecular weight is 315 g/mol. The Bertz CT molecular complexity index is 944. The number of benzene rings is 1. The van der Waals surface area contributed by atoms with Gasteiger partial charge in [-0.2, -0.15) is 0 Å². The van der Waals surface area contributed by atoms with Crippen LogP contribution in [0.3, 0.4) is 0 Å². The van der Waals surface area contributed by atoms with Gasteiger partial charge in [-0.25, -0.2) is 4.98 Å². The monoisotopic (exact) mass is 315 g/mol. The maximum Gasteiger partial charge on any atom is 0.270 e. The van der Waals surface area contributed by atoms with E-state index in [-0.39, 0.29) is 29.4 Å². The minimum atomic E-state index is -0.552. The first-order chi connectivity index (χ1) is 11.0. The largest absolute Gasteiger partial charge is 0.423 e. The van der Waals surface area contributed by atoms with Crippen LogP contribution in [0, 0.1) is 10.1 Å². The number of rotatable bonds is 4. The molecule has 0 fully saturated rings. The third-order valence-electron chi connectivity index (χ3n) is 3.30. The Balaban J connectivity index is 2.02. The van der Waals surface area contributed by atoms with E-state index in [1.54, 1.807) is 0 Å². The van der Waals surface area contributed by atoms with Gasteiger partial charge >= 0.3 is 0 Å². The molecule has 0 aliphatic rings. The van der Waals surface area contributed by atoms with Gasteiger partial charge in [0.25, 0.3) is 11.2 Å². The van der Waals surface area contributed by atoms with Gasteiger partial charge in [-0.15, -0.1) is 10.2 Å². The quantitative estimate of drug-likeness (QED) is 0.532. The van der Waals surface area contributed by atoms with E-state index < -0.39 is 10.5 Å². The second-order valence-electron chi connectivity index (χ2n) is 5.32. The molecule has 2 heterocycles. The second kappa shape index (κ2) is 5.59. The van der Waals surface area contributed by atoms with E-state index >= 15 is 0 Å². The zero-order chi connectivity index (χ0) is 16.6. The highest BCUT2D eigenvalue weighted by Gasteiger charge is 2.14. The molecule has 0 radical (unpaired) electrons. The summed E-state index contributed by atoms with van der Waals surface area (Å²) in [7, 11) is 0. The van der Waals surface area contributed by atoms with Crippen LogP contribution in [-0.2, 0) is 6.54 Å². The lowest BCUT2D eigenvalue weighted by atomic mass is 10.2. The fraction of sp³-hybridized carbons (Fsp3) is 0.286. The smallest absolute Gasteiger partial charge is 0.270 e. The molecule has 0 aliphatic heterocycles. The molecule has 1 aromatic carbocycles. The number of nitro benzene ring substituents is 1. The summed E-state index contributed by atoms with van der Waals surface area (Å²) < 4.78 is 6.74. The summed E-state index contributed by atoms with van der Waals surface area (Å²) in [5, 5.41) is 18.8. The first-order valence-corrected chi connectivity index (χ1v) is 6.91. The van der Waals surface area contributed by atoms with Crippen LogP contribution < -0.4 is 5.56 Å². The molecule has 9 nitrogen and oxygen atoms in total. The number of nitro groups is 1. The van der Waals surface area contributed by atoms with Crippen molar-refractivity contribution in [1.29, 1.82) is 0 Å². The van der Waals surface area contributed by atoms with Crippen LogP contribution in [0.1, 0.15) is 31.5 Å². The van der Waals surface area contributed by atoms with Crippen molar-refractivity contribution in [3.63, 3.8) is 0 Å². The molecule has 2 aromatic heterocycles. The van der Waals surface area contributed by atoms with Gasteiger partial charge in [0.15, 0.2) is 0 Å². The SMILES string of the molecule is CC(C)c1nnc(Cn2cnc3ccc([N+](=O)[O-])cc3c2=O)o1. The van der Waals surface area contributed by atoms with E-state index in [9.17, 15) is 14.9 Å². The first kappa shape index (κ1) is 14.8. The van der Waals surface area contributed by atoms with E-state index in [0.29, 0.717) is 11.4 Å².